The van der Waals surface area contributed by atoms with Crippen LogP contribution in [-0.4, -0.2) is 70.9 Å². The Balaban J connectivity index is 1.77. The number of nitrogens with zero attached hydrogens (tertiary/aromatic N) is 3. The lowest BCUT2D eigenvalue weighted by Crippen LogP contribution is -2.56. The molecule has 1 aromatic rings. The molecule has 2 fully saturated rings. The summed E-state index contributed by atoms with van der Waals surface area (Å²) in [5.41, 5.74) is 0.433. The van der Waals surface area contributed by atoms with E-state index in [2.05, 4.69) is 0 Å². The molecule has 7 nitrogen and oxygen atoms in total. The molecule has 0 N–H and O–H groups in total. The Morgan fingerprint density at radius 1 is 1.03 bits per heavy atom. The van der Waals surface area contributed by atoms with Gasteiger partial charge in [-0.25, -0.2) is 4.79 Å². The second kappa shape index (κ2) is 10.6. The van der Waals surface area contributed by atoms with Gasteiger partial charge in [-0.3, -0.25) is 9.59 Å². The largest absolute Gasteiger partial charge is 0.444 e. The molecule has 0 aromatic heterocycles. The number of rotatable bonds is 4. The van der Waals surface area contributed by atoms with E-state index in [9.17, 15) is 14.4 Å². The molecule has 2 saturated heterocycles. The smallest absolute Gasteiger partial charge is 0.410 e. The van der Waals surface area contributed by atoms with Crippen LogP contribution in [0.15, 0.2) is 30.3 Å². The lowest BCUT2D eigenvalue weighted by atomic mass is 9.93. The van der Waals surface area contributed by atoms with E-state index < -0.39 is 5.60 Å². The minimum absolute atomic E-state index is 0.0201. The first-order chi connectivity index (χ1) is 15.6. The van der Waals surface area contributed by atoms with Crippen LogP contribution in [0.3, 0.4) is 0 Å². The van der Waals surface area contributed by atoms with Gasteiger partial charge in [0.15, 0.2) is 0 Å². The van der Waals surface area contributed by atoms with Gasteiger partial charge in [0, 0.05) is 38.6 Å². The van der Waals surface area contributed by atoms with E-state index in [1.54, 1.807) is 4.90 Å². The maximum atomic E-state index is 13.7. The number of carbonyl (C=O) groups is 3. The summed E-state index contributed by atoms with van der Waals surface area (Å²) in [5, 5.41) is 0. The number of carbonyl (C=O) groups excluding carboxylic acids is 3. The van der Waals surface area contributed by atoms with Gasteiger partial charge in [0.2, 0.25) is 11.8 Å². The van der Waals surface area contributed by atoms with Gasteiger partial charge < -0.3 is 19.4 Å². The van der Waals surface area contributed by atoms with Crippen LogP contribution in [0.2, 0.25) is 0 Å². The van der Waals surface area contributed by atoms with Gasteiger partial charge in [-0.1, -0.05) is 44.2 Å². The average Bonchev–Trinajstić information content (AvgIpc) is 2.81. The molecule has 3 amide bonds. The summed E-state index contributed by atoms with van der Waals surface area (Å²) in [6.07, 6.45) is 2.08. The van der Waals surface area contributed by atoms with Gasteiger partial charge in [0.05, 0.1) is 12.0 Å². The second-order valence-electron chi connectivity index (χ2n) is 10.3. The highest BCUT2D eigenvalue weighted by Crippen LogP contribution is 2.30. The predicted octanol–water partition coefficient (Wildman–Crippen LogP) is 4.09. The molecule has 2 aliphatic rings. The molecular formula is C26H39N3O4. The SMILES string of the molecule is CCC(C)C(=O)N1CCCC(C(=O)N2CCN(C(=O)OC(C)(C)C)CC2c2ccccc2)C1. The Bertz CT molecular complexity index is 836. The van der Waals surface area contributed by atoms with Crippen LogP contribution < -0.4 is 0 Å². The highest BCUT2D eigenvalue weighted by atomic mass is 16.6. The average molecular weight is 458 g/mol. The van der Waals surface area contributed by atoms with Crippen molar-refractivity contribution >= 4 is 17.9 Å². The van der Waals surface area contributed by atoms with Gasteiger partial charge in [0.25, 0.3) is 0 Å². The lowest BCUT2D eigenvalue weighted by molar-refractivity contribution is -0.146. The maximum Gasteiger partial charge on any atom is 0.410 e. The zero-order chi connectivity index (χ0) is 24.2. The highest BCUT2D eigenvalue weighted by Gasteiger charge is 2.39. The van der Waals surface area contributed by atoms with Crippen LogP contribution in [0.25, 0.3) is 0 Å². The minimum atomic E-state index is -0.569. The molecule has 2 aliphatic heterocycles. The summed E-state index contributed by atoms with van der Waals surface area (Å²) in [6.45, 7) is 12.0. The van der Waals surface area contributed by atoms with Crippen molar-refractivity contribution in [1.82, 2.24) is 14.7 Å². The number of likely N-dealkylation sites (tertiary alicyclic amines) is 1. The number of hydrogen-bond donors (Lipinski definition) is 0. The number of ether oxygens (including phenoxy) is 1. The minimum Gasteiger partial charge on any atom is -0.444 e. The molecule has 0 aliphatic carbocycles. The van der Waals surface area contributed by atoms with Gasteiger partial charge in [-0.15, -0.1) is 0 Å². The lowest BCUT2D eigenvalue weighted by Gasteiger charge is -2.44. The Morgan fingerprint density at radius 2 is 1.73 bits per heavy atom. The van der Waals surface area contributed by atoms with Crippen LogP contribution in [0.4, 0.5) is 4.79 Å². The quantitative estimate of drug-likeness (QED) is 0.683. The monoisotopic (exact) mass is 457 g/mol. The van der Waals surface area contributed by atoms with Gasteiger partial charge in [-0.2, -0.15) is 0 Å². The van der Waals surface area contributed by atoms with Crippen molar-refractivity contribution in [2.75, 3.05) is 32.7 Å². The fraction of sp³-hybridized carbons (Fsp3) is 0.654. The fourth-order valence-corrected chi connectivity index (χ4v) is 4.60. The van der Waals surface area contributed by atoms with Crippen molar-refractivity contribution < 1.29 is 19.1 Å². The number of hydrogen-bond acceptors (Lipinski definition) is 4. The van der Waals surface area contributed by atoms with Gasteiger partial charge in [0.1, 0.15) is 5.60 Å². The summed E-state index contributed by atoms with van der Waals surface area (Å²) < 4.78 is 5.59. The fourth-order valence-electron chi connectivity index (χ4n) is 4.60. The topological polar surface area (TPSA) is 70.2 Å². The Morgan fingerprint density at radius 3 is 2.36 bits per heavy atom. The summed E-state index contributed by atoms with van der Waals surface area (Å²) >= 11 is 0. The van der Waals surface area contributed by atoms with Crippen molar-refractivity contribution in [1.29, 1.82) is 0 Å². The summed E-state index contributed by atoms with van der Waals surface area (Å²) in [4.78, 5) is 44.7. The van der Waals surface area contributed by atoms with Gasteiger partial charge >= 0.3 is 6.09 Å². The van der Waals surface area contributed by atoms with Crippen molar-refractivity contribution in [3.05, 3.63) is 35.9 Å². The third kappa shape index (κ3) is 6.27. The number of piperazine rings is 1. The normalized spacial score (nSPS) is 22.6. The van der Waals surface area contributed by atoms with Crippen molar-refractivity contribution in [2.45, 2.75) is 65.5 Å². The van der Waals surface area contributed by atoms with E-state index in [1.165, 1.54) is 0 Å². The number of amides is 3. The summed E-state index contributed by atoms with van der Waals surface area (Å²) in [7, 11) is 0. The van der Waals surface area contributed by atoms with E-state index in [-0.39, 0.29) is 35.8 Å². The van der Waals surface area contributed by atoms with Crippen LogP contribution in [0.1, 0.15) is 65.5 Å². The first-order valence-electron chi connectivity index (χ1n) is 12.2. The van der Waals surface area contributed by atoms with Crippen molar-refractivity contribution in [3.63, 3.8) is 0 Å². The molecule has 0 bridgehead atoms. The van der Waals surface area contributed by atoms with Crippen LogP contribution in [0, 0.1) is 11.8 Å². The Labute approximate surface area is 198 Å². The first-order valence-corrected chi connectivity index (χ1v) is 12.2. The molecular weight excluding hydrogens is 418 g/mol. The van der Waals surface area contributed by atoms with E-state index in [4.69, 9.17) is 4.74 Å². The third-order valence-corrected chi connectivity index (χ3v) is 6.62. The van der Waals surface area contributed by atoms with Gasteiger partial charge in [-0.05, 0) is 45.6 Å². The maximum absolute atomic E-state index is 13.7. The van der Waals surface area contributed by atoms with E-state index in [0.717, 1.165) is 31.4 Å². The molecule has 33 heavy (non-hydrogen) atoms. The van der Waals surface area contributed by atoms with Crippen LogP contribution >= 0.6 is 0 Å². The molecule has 0 spiro atoms. The summed E-state index contributed by atoms with van der Waals surface area (Å²) in [5.74, 6) is -0.00182. The van der Waals surface area contributed by atoms with Crippen molar-refractivity contribution in [2.24, 2.45) is 11.8 Å². The molecule has 1 aromatic carbocycles. The van der Waals surface area contributed by atoms with E-state index >= 15 is 0 Å². The molecule has 3 atom stereocenters. The molecule has 182 valence electrons. The summed E-state index contributed by atoms with van der Waals surface area (Å²) in [6, 6.07) is 9.63. The molecule has 0 radical (unpaired) electrons. The number of benzene rings is 1. The predicted molar refractivity (Wildman–Crippen MR) is 127 cm³/mol. The highest BCUT2D eigenvalue weighted by molar-refractivity contribution is 5.83. The molecule has 3 unspecified atom stereocenters. The Hall–Kier alpha value is -2.57. The molecule has 2 heterocycles. The second-order valence-corrected chi connectivity index (χ2v) is 10.3. The molecule has 3 rings (SSSR count). The number of piperidine rings is 1. The third-order valence-electron chi connectivity index (χ3n) is 6.62. The van der Waals surface area contributed by atoms with Crippen LogP contribution in [0.5, 0.6) is 0 Å². The molecule has 0 saturated carbocycles. The van der Waals surface area contributed by atoms with Crippen molar-refractivity contribution in [3.8, 4) is 0 Å². The zero-order valence-corrected chi connectivity index (χ0v) is 20.8. The zero-order valence-electron chi connectivity index (χ0n) is 20.8. The van der Waals surface area contributed by atoms with Crippen LogP contribution in [-0.2, 0) is 14.3 Å². The van der Waals surface area contributed by atoms with E-state index in [1.807, 2.05) is 74.8 Å². The van der Waals surface area contributed by atoms with E-state index in [0.29, 0.717) is 26.2 Å². The standard InChI is InChI=1S/C26H39N3O4/c1-6-19(2)23(30)27-14-10-13-21(17-27)24(31)29-16-15-28(25(32)33-26(3,4)5)18-22(29)20-11-8-7-9-12-20/h7-9,11-12,19,21-22H,6,10,13-18H2,1-5H3. The molecule has 7 heteroatoms. The first kappa shape index (κ1) is 25.1. The Kier molecular flexibility index (Phi) is 8.03.